The minimum absolute atomic E-state index is 0.190. The molecule has 0 spiro atoms. The molecule has 2 amide bonds. The summed E-state index contributed by atoms with van der Waals surface area (Å²) in [5.74, 6) is -0.777. The fourth-order valence-corrected chi connectivity index (χ4v) is 2.72. The first kappa shape index (κ1) is 18.7. The van der Waals surface area contributed by atoms with Gasteiger partial charge in [-0.05, 0) is 40.8 Å². The van der Waals surface area contributed by atoms with Crippen LogP contribution in [0.3, 0.4) is 0 Å². The summed E-state index contributed by atoms with van der Waals surface area (Å²) in [5, 5.41) is 7.07. The molecule has 0 aliphatic heterocycles. The minimum Gasteiger partial charge on any atom is -0.343 e. The number of halogens is 3. The van der Waals surface area contributed by atoms with Crippen molar-refractivity contribution < 1.29 is 9.59 Å². The highest BCUT2D eigenvalue weighted by atomic mass is 127. The lowest BCUT2D eigenvalue weighted by Crippen LogP contribution is -2.35. The van der Waals surface area contributed by atoms with E-state index in [1.165, 1.54) is 6.21 Å². The summed E-state index contributed by atoms with van der Waals surface area (Å²) in [6, 6.07) is 12.2. The minimum atomic E-state index is -0.455. The summed E-state index contributed by atoms with van der Waals surface area (Å²) in [6.45, 7) is -0.190. The zero-order valence-corrected chi connectivity index (χ0v) is 15.9. The van der Waals surface area contributed by atoms with Gasteiger partial charge in [-0.3, -0.25) is 9.59 Å². The topological polar surface area (TPSA) is 70.6 Å². The average Bonchev–Trinajstić information content (AvgIpc) is 2.57. The highest BCUT2D eigenvalue weighted by Crippen LogP contribution is 2.24. The summed E-state index contributed by atoms with van der Waals surface area (Å²) in [6.07, 6.45) is 1.38. The Bertz CT molecular complexity index is 797. The molecule has 0 aromatic heterocycles. The van der Waals surface area contributed by atoms with Gasteiger partial charge in [-0.25, -0.2) is 5.43 Å². The van der Waals surface area contributed by atoms with E-state index < -0.39 is 5.91 Å². The first-order chi connectivity index (χ1) is 11.5. The number of nitrogens with zero attached hydrogens (tertiary/aromatic N) is 1. The van der Waals surface area contributed by atoms with Crippen molar-refractivity contribution >= 4 is 63.8 Å². The van der Waals surface area contributed by atoms with Crippen molar-refractivity contribution in [3.8, 4) is 0 Å². The predicted molar refractivity (Wildman–Crippen MR) is 104 cm³/mol. The van der Waals surface area contributed by atoms with Crippen LogP contribution in [0.4, 0.5) is 0 Å². The molecule has 0 unspecified atom stereocenters. The van der Waals surface area contributed by atoms with Gasteiger partial charge in [0.1, 0.15) is 0 Å². The van der Waals surface area contributed by atoms with Gasteiger partial charge in [0.15, 0.2) is 0 Å². The number of amides is 2. The van der Waals surface area contributed by atoms with Gasteiger partial charge in [-0.15, -0.1) is 0 Å². The molecule has 0 fully saturated rings. The van der Waals surface area contributed by atoms with Crippen molar-refractivity contribution in [2.45, 2.75) is 0 Å². The van der Waals surface area contributed by atoms with Gasteiger partial charge in [-0.2, -0.15) is 5.10 Å². The van der Waals surface area contributed by atoms with Gasteiger partial charge in [0.2, 0.25) is 0 Å². The van der Waals surface area contributed by atoms with Crippen molar-refractivity contribution in [2.24, 2.45) is 5.10 Å². The van der Waals surface area contributed by atoms with Gasteiger partial charge in [-0.1, -0.05) is 47.5 Å². The maximum atomic E-state index is 12.0. The summed E-state index contributed by atoms with van der Waals surface area (Å²) in [4.78, 5) is 23.7. The van der Waals surface area contributed by atoms with Crippen molar-refractivity contribution in [2.75, 3.05) is 6.54 Å². The van der Waals surface area contributed by atoms with Crippen LogP contribution in [0, 0.1) is 3.57 Å². The zero-order valence-electron chi connectivity index (χ0n) is 12.2. The van der Waals surface area contributed by atoms with Crippen LogP contribution in [0.2, 0.25) is 10.0 Å². The molecule has 124 valence electrons. The molecule has 0 saturated carbocycles. The van der Waals surface area contributed by atoms with E-state index in [9.17, 15) is 9.59 Å². The Labute approximate surface area is 162 Å². The molecule has 8 heteroatoms. The SMILES string of the molecule is O=C(CNC(=O)c1ccccc1I)N/N=C/c1cccc(Cl)c1Cl. The van der Waals surface area contributed by atoms with Crippen molar-refractivity contribution in [1.82, 2.24) is 10.7 Å². The third-order valence-electron chi connectivity index (χ3n) is 2.90. The highest BCUT2D eigenvalue weighted by Gasteiger charge is 2.10. The van der Waals surface area contributed by atoms with Crippen LogP contribution in [-0.2, 0) is 4.79 Å². The lowest BCUT2D eigenvalue weighted by Gasteiger charge is -2.06. The lowest BCUT2D eigenvalue weighted by atomic mass is 10.2. The normalized spacial score (nSPS) is 10.6. The molecule has 0 aliphatic rings. The number of carbonyl (C=O) groups is 2. The molecule has 2 aromatic carbocycles. The second-order valence-electron chi connectivity index (χ2n) is 4.60. The number of hydrogen-bond acceptors (Lipinski definition) is 3. The first-order valence-electron chi connectivity index (χ1n) is 6.77. The molecule has 5 nitrogen and oxygen atoms in total. The standard InChI is InChI=1S/C16H12Cl2IN3O2/c17-12-6-3-4-10(15(12)18)8-21-22-14(23)9-20-16(24)11-5-1-2-7-13(11)19/h1-8H,9H2,(H,20,24)(H,22,23)/b21-8+. The molecule has 2 N–H and O–H groups in total. The quantitative estimate of drug-likeness (QED) is 0.395. The van der Waals surface area contributed by atoms with Crippen LogP contribution in [-0.4, -0.2) is 24.6 Å². The molecule has 0 atom stereocenters. The summed E-state index contributed by atoms with van der Waals surface area (Å²) >= 11 is 13.9. The van der Waals surface area contributed by atoms with Crippen LogP contribution in [0.1, 0.15) is 15.9 Å². The molecule has 0 radical (unpaired) electrons. The third kappa shape index (κ3) is 5.19. The first-order valence-corrected chi connectivity index (χ1v) is 8.61. The van der Waals surface area contributed by atoms with Gasteiger partial charge in [0, 0.05) is 9.13 Å². The van der Waals surface area contributed by atoms with Crippen LogP contribution in [0.15, 0.2) is 47.6 Å². The summed E-state index contributed by atoms with van der Waals surface area (Å²) in [5.41, 5.74) is 3.40. The van der Waals surface area contributed by atoms with Crippen molar-refractivity contribution in [1.29, 1.82) is 0 Å². The van der Waals surface area contributed by atoms with Crippen LogP contribution in [0.5, 0.6) is 0 Å². The number of hydrogen-bond donors (Lipinski definition) is 2. The Balaban J connectivity index is 1.86. The number of nitrogens with one attached hydrogen (secondary N) is 2. The van der Waals surface area contributed by atoms with Crippen molar-refractivity contribution in [3.05, 3.63) is 67.2 Å². The second-order valence-corrected chi connectivity index (χ2v) is 6.55. The molecule has 0 aliphatic carbocycles. The van der Waals surface area contributed by atoms with E-state index in [0.717, 1.165) is 3.57 Å². The largest absolute Gasteiger partial charge is 0.343 e. The van der Waals surface area contributed by atoms with E-state index >= 15 is 0 Å². The molecular weight excluding hydrogens is 464 g/mol. The van der Waals surface area contributed by atoms with Gasteiger partial charge in [0.25, 0.3) is 11.8 Å². The molecule has 0 bridgehead atoms. The van der Waals surface area contributed by atoms with Crippen molar-refractivity contribution in [3.63, 3.8) is 0 Å². The van der Waals surface area contributed by atoms with E-state index in [2.05, 4.69) is 38.4 Å². The van der Waals surface area contributed by atoms with Crippen LogP contribution < -0.4 is 10.7 Å². The molecule has 0 saturated heterocycles. The third-order valence-corrected chi connectivity index (χ3v) is 4.68. The van der Waals surface area contributed by atoms with E-state index in [1.54, 1.807) is 30.3 Å². The number of hydrazone groups is 1. The summed E-state index contributed by atoms with van der Waals surface area (Å²) in [7, 11) is 0. The maximum absolute atomic E-state index is 12.0. The Morgan fingerprint density at radius 3 is 2.62 bits per heavy atom. The fourth-order valence-electron chi connectivity index (χ4n) is 1.73. The number of carbonyl (C=O) groups excluding carboxylic acids is 2. The van der Waals surface area contributed by atoms with E-state index in [0.29, 0.717) is 21.2 Å². The Hall–Kier alpha value is -1.64. The van der Waals surface area contributed by atoms with Gasteiger partial charge in [0.05, 0.1) is 28.4 Å². The van der Waals surface area contributed by atoms with Crippen LogP contribution in [0.25, 0.3) is 0 Å². The van der Waals surface area contributed by atoms with Crippen LogP contribution >= 0.6 is 45.8 Å². The molecule has 2 aromatic rings. The Morgan fingerprint density at radius 2 is 1.88 bits per heavy atom. The molecule has 0 heterocycles. The van der Waals surface area contributed by atoms with Gasteiger partial charge < -0.3 is 5.32 Å². The van der Waals surface area contributed by atoms with Gasteiger partial charge >= 0.3 is 0 Å². The highest BCUT2D eigenvalue weighted by molar-refractivity contribution is 14.1. The van der Waals surface area contributed by atoms with E-state index in [-0.39, 0.29) is 12.5 Å². The molecule has 24 heavy (non-hydrogen) atoms. The molecular formula is C16H12Cl2IN3O2. The predicted octanol–water partition coefficient (Wildman–Crippen LogP) is 3.48. The lowest BCUT2D eigenvalue weighted by molar-refractivity contribution is -0.120. The average molecular weight is 476 g/mol. The Morgan fingerprint density at radius 1 is 1.12 bits per heavy atom. The number of benzene rings is 2. The number of rotatable bonds is 5. The second kappa shape index (κ2) is 9.00. The maximum Gasteiger partial charge on any atom is 0.259 e. The smallest absolute Gasteiger partial charge is 0.259 e. The molecule has 2 rings (SSSR count). The van der Waals surface area contributed by atoms with E-state index in [4.69, 9.17) is 23.2 Å². The van der Waals surface area contributed by atoms with E-state index in [1.807, 2.05) is 12.1 Å². The summed E-state index contributed by atoms with van der Waals surface area (Å²) < 4.78 is 0.807. The monoisotopic (exact) mass is 475 g/mol. The fraction of sp³-hybridized carbons (Fsp3) is 0.0625. The Kier molecular flexibility index (Phi) is 7.01. The zero-order chi connectivity index (χ0) is 17.5.